The summed E-state index contributed by atoms with van der Waals surface area (Å²) in [6, 6.07) is 5.13. The van der Waals surface area contributed by atoms with Gasteiger partial charge in [0.05, 0.1) is 34.7 Å². The zero-order chi connectivity index (χ0) is 21.4. The Balaban J connectivity index is 1.70. The molecule has 1 aliphatic heterocycles. The number of hydrogen-bond acceptors (Lipinski definition) is 5. The van der Waals surface area contributed by atoms with Gasteiger partial charge >= 0.3 is 0 Å². The molecular formula is C21H21F4N5. The van der Waals surface area contributed by atoms with Crippen LogP contribution >= 0.6 is 0 Å². The molecule has 0 aliphatic carbocycles. The second kappa shape index (κ2) is 8.04. The summed E-state index contributed by atoms with van der Waals surface area (Å²) < 4.78 is 54.3. The molecule has 1 unspecified atom stereocenters. The molecule has 30 heavy (non-hydrogen) atoms. The zero-order valence-electron chi connectivity index (χ0n) is 16.5. The minimum atomic E-state index is -2.90. The molecule has 2 atom stereocenters. The van der Waals surface area contributed by atoms with Crippen LogP contribution in [0.3, 0.4) is 0 Å². The number of benzene rings is 1. The van der Waals surface area contributed by atoms with Crippen molar-refractivity contribution in [2.24, 2.45) is 0 Å². The number of nitrogens with zero attached hydrogens (tertiary/aromatic N) is 4. The summed E-state index contributed by atoms with van der Waals surface area (Å²) in [7, 11) is 0. The Kier molecular flexibility index (Phi) is 5.44. The number of hydrogen-bond donors (Lipinski definition) is 1. The summed E-state index contributed by atoms with van der Waals surface area (Å²) in [5.74, 6) is -0.586. The number of nitrogens with one attached hydrogen (secondary N) is 1. The van der Waals surface area contributed by atoms with E-state index in [1.54, 1.807) is 20.0 Å². The van der Waals surface area contributed by atoms with Crippen molar-refractivity contribution >= 4 is 22.4 Å². The second-order valence-corrected chi connectivity index (χ2v) is 7.47. The fourth-order valence-corrected chi connectivity index (χ4v) is 3.73. The molecule has 0 bridgehead atoms. The number of halogens is 4. The van der Waals surface area contributed by atoms with E-state index in [4.69, 9.17) is 0 Å². The van der Waals surface area contributed by atoms with Crippen LogP contribution in [0.4, 0.5) is 29.1 Å². The fourth-order valence-electron chi connectivity index (χ4n) is 3.73. The van der Waals surface area contributed by atoms with Crippen molar-refractivity contribution < 1.29 is 17.6 Å². The molecule has 1 N–H and O–H groups in total. The van der Waals surface area contributed by atoms with E-state index in [-0.39, 0.29) is 5.56 Å². The fraction of sp³-hybridized carbons (Fsp3) is 0.381. The molecule has 2 aromatic heterocycles. The van der Waals surface area contributed by atoms with Gasteiger partial charge in [-0.15, -0.1) is 5.10 Å². The second-order valence-electron chi connectivity index (χ2n) is 7.47. The van der Waals surface area contributed by atoms with Crippen LogP contribution in [0.25, 0.3) is 10.9 Å². The Bertz CT molecular complexity index is 1070. The van der Waals surface area contributed by atoms with Crippen LogP contribution in [0.2, 0.25) is 0 Å². The van der Waals surface area contributed by atoms with E-state index in [1.807, 2.05) is 11.0 Å². The molecule has 9 heteroatoms. The minimum absolute atomic E-state index is 0.104. The molecular weight excluding hydrogens is 398 g/mol. The first-order chi connectivity index (χ1) is 14.3. The molecule has 1 aliphatic rings. The Hall–Kier alpha value is -2.97. The topological polar surface area (TPSA) is 53.9 Å². The summed E-state index contributed by atoms with van der Waals surface area (Å²) in [6.45, 7) is 4.33. The van der Waals surface area contributed by atoms with E-state index < -0.39 is 30.0 Å². The van der Waals surface area contributed by atoms with Crippen molar-refractivity contribution in [3.05, 3.63) is 53.1 Å². The van der Waals surface area contributed by atoms with Crippen LogP contribution in [0.1, 0.15) is 42.6 Å². The summed E-state index contributed by atoms with van der Waals surface area (Å²) in [5, 5.41) is 12.0. The molecule has 0 spiro atoms. The molecule has 1 fully saturated rings. The van der Waals surface area contributed by atoms with Crippen LogP contribution in [-0.2, 0) is 0 Å². The van der Waals surface area contributed by atoms with Gasteiger partial charge in [0.2, 0.25) is 0 Å². The SMILES string of the molecule is Cc1nnc(N[C@H](C)c2cccc(C(F)F)c2F)c2cc(N3CCC(F)C3)cnc12. The van der Waals surface area contributed by atoms with E-state index in [9.17, 15) is 17.6 Å². The third-order valence-corrected chi connectivity index (χ3v) is 5.38. The van der Waals surface area contributed by atoms with E-state index in [0.717, 1.165) is 11.8 Å². The molecule has 0 saturated carbocycles. The van der Waals surface area contributed by atoms with Crippen molar-refractivity contribution in [2.45, 2.75) is 38.9 Å². The van der Waals surface area contributed by atoms with Gasteiger partial charge in [-0.1, -0.05) is 18.2 Å². The van der Waals surface area contributed by atoms with E-state index in [1.165, 1.54) is 12.1 Å². The predicted octanol–water partition coefficient (Wildman–Crippen LogP) is 5.13. The van der Waals surface area contributed by atoms with Crippen molar-refractivity contribution in [1.29, 1.82) is 0 Å². The number of aromatic nitrogens is 3. The van der Waals surface area contributed by atoms with Gasteiger partial charge < -0.3 is 10.2 Å². The van der Waals surface area contributed by atoms with E-state index in [2.05, 4.69) is 20.5 Å². The number of pyridine rings is 1. The normalized spacial score (nSPS) is 17.7. The van der Waals surface area contributed by atoms with Crippen LogP contribution in [0.5, 0.6) is 0 Å². The van der Waals surface area contributed by atoms with Gasteiger partial charge in [0.15, 0.2) is 5.82 Å². The van der Waals surface area contributed by atoms with Gasteiger partial charge in [0.1, 0.15) is 12.0 Å². The standard InChI is InChI=1S/C21H21F4N5/c1-11(15-4-3-5-16(18(15)23)20(24)25)27-21-17-8-14(30-7-6-13(22)10-30)9-26-19(17)12(2)28-29-21/h3-5,8-9,11,13,20H,6-7,10H2,1-2H3,(H,27,29)/t11-,13?/m1/s1. The molecule has 4 rings (SSSR count). The van der Waals surface area contributed by atoms with E-state index in [0.29, 0.717) is 41.9 Å². The number of aryl methyl sites for hydroxylation is 1. The van der Waals surface area contributed by atoms with Crippen LogP contribution < -0.4 is 10.2 Å². The molecule has 1 aromatic carbocycles. The Morgan fingerprint density at radius 3 is 2.67 bits per heavy atom. The minimum Gasteiger partial charge on any atom is -0.367 e. The maximum Gasteiger partial charge on any atom is 0.266 e. The number of alkyl halides is 3. The Labute approximate surface area is 171 Å². The van der Waals surface area contributed by atoms with Gasteiger partial charge in [-0.3, -0.25) is 4.98 Å². The highest BCUT2D eigenvalue weighted by molar-refractivity contribution is 5.92. The third kappa shape index (κ3) is 3.76. The lowest BCUT2D eigenvalue weighted by Crippen LogP contribution is -2.20. The molecule has 1 saturated heterocycles. The molecule has 158 valence electrons. The first kappa shape index (κ1) is 20.3. The van der Waals surface area contributed by atoms with Crippen molar-refractivity contribution in [3.63, 3.8) is 0 Å². The highest BCUT2D eigenvalue weighted by atomic mass is 19.3. The van der Waals surface area contributed by atoms with Crippen LogP contribution in [-0.4, -0.2) is 34.4 Å². The van der Waals surface area contributed by atoms with Gasteiger partial charge in [-0.25, -0.2) is 17.6 Å². The van der Waals surface area contributed by atoms with Crippen LogP contribution in [0.15, 0.2) is 30.5 Å². The van der Waals surface area contributed by atoms with Gasteiger partial charge in [0.25, 0.3) is 6.43 Å². The highest BCUT2D eigenvalue weighted by Gasteiger charge is 2.24. The molecule has 0 amide bonds. The first-order valence-electron chi connectivity index (χ1n) is 9.70. The van der Waals surface area contributed by atoms with Gasteiger partial charge in [-0.2, -0.15) is 5.10 Å². The first-order valence-corrected chi connectivity index (χ1v) is 9.70. The lowest BCUT2D eigenvalue weighted by Gasteiger charge is -2.20. The lowest BCUT2D eigenvalue weighted by atomic mass is 10.0. The number of fused-ring (bicyclic) bond motifs is 1. The number of anilines is 2. The largest absolute Gasteiger partial charge is 0.367 e. The maximum atomic E-state index is 14.5. The zero-order valence-corrected chi connectivity index (χ0v) is 16.5. The lowest BCUT2D eigenvalue weighted by molar-refractivity contribution is 0.146. The van der Waals surface area contributed by atoms with E-state index >= 15 is 0 Å². The molecule has 3 aromatic rings. The summed E-state index contributed by atoms with van der Waals surface area (Å²) >= 11 is 0. The highest BCUT2D eigenvalue weighted by Crippen LogP contribution is 2.32. The molecule has 0 radical (unpaired) electrons. The average molecular weight is 419 g/mol. The van der Waals surface area contributed by atoms with Crippen LogP contribution in [0, 0.1) is 12.7 Å². The number of rotatable bonds is 5. The average Bonchev–Trinajstić information content (AvgIpc) is 3.16. The third-order valence-electron chi connectivity index (χ3n) is 5.38. The Morgan fingerprint density at radius 1 is 1.20 bits per heavy atom. The van der Waals surface area contributed by atoms with Crippen molar-refractivity contribution in [3.8, 4) is 0 Å². The monoisotopic (exact) mass is 419 g/mol. The van der Waals surface area contributed by atoms with Gasteiger partial charge in [-0.05, 0) is 26.3 Å². The molecule has 5 nitrogen and oxygen atoms in total. The predicted molar refractivity (Wildman–Crippen MR) is 107 cm³/mol. The van der Waals surface area contributed by atoms with Crippen molar-refractivity contribution in [2.75, 3.05) is 23.3 Å². The maximum absolute atomic E-state index is 14.5. The smallest absolute Gasteiger partial charge is 0.266 e. The quantitative estimate of drug-likeness (QED) is 0.581. The summed E-state index contributed by atoms with van der Waals surface area (Å²) in [6.07, 6.45) is -1.63. The van der Waals surface area contributed by atoms with Gasteiger partial charge in [0, 0.05) is 24.0 Å². The summed E-state index contributed by atoms with van der Waals surface area (Å²) in [5.41, 5.74) is 1.45. The van der Waals surface area contributed by atoms with Crippen molar-refractivity contribution in [1.82, 2.24) is 15.2 Å². The Morgan fingerprint density at radius 2 is 1.97 bits per heavy atom. The molecule has 3 heterocycles. The summed E-state index contributed by atoms with van der Waals surface area (Å²) in [4.78, 5) is 6.37.